The number of para-hydroxylation sites is 1. The molecule has 128 valence electrons. The van der Waals surface area contributed by atoms with Crippen LogP contribution in [-0.4, -0.2) is 28.3 Å². The summed E-state index contributed by atoms with van der Waals surface area (Å²) in [5.41, 5.74) is 3.71. The van der Waals surface area contributed by atoms with Crippen molar-refractivity contribution in [3.8, 4) is 0 Å². The molecule has 0 radical (unpaired) electrons. The minimum atomic E-state index is 0.585. The van der Waals surface area contributed by atoms with Crippen molar-refractivity contribution in [3.63, 3.8) is 0 Å². The summed E-state index contributed by atoms with van der Waals surface area (Å²) in [5, 5.41) is 11.8. The van der Waals surface area contributed by atoms with Crippen molar-refractivity contribution in [2.75, 3.05) is 23.3 Å². The summed E-state index contributed by atoms with van der Waals surface area (Å²) in [5.74, 6) is 2.21. The third-order valence-corrected chi connectivity index (χ3v) is 4.76. The fraction of sp³-hybridized carbons (Fsp3) is 0.526. The molecule has 0 spiro atoms. The molecule has 5 heteroatoms. The maximum atomic E-state index is 4.72. The molecule has 3 rings (SSSR count). The monoisotopic (exact) mass is 325 g/mol. The van der Waals surface area contributed by atoms with E-state index in [1.54, 1.807) is 6.20 Å². The van der Waals surface area contributed by atoms with Crippen molar-refractivity contribution in [1.29, 1.82) is 0 Å². The third-order valence-electron chi connectivity index (χ3n) is 4.76. The van der Waals surface area contributed by atoms with Crippen molar-refractivity contribution in [3.05, 3.63) is 35.5 Å². The molecule has 0 saturated carbocycles. The van der Waals surface area contributed by atoms with Gasteiger partial charge in [-0.25, -0.2) is 0 Å². The largest absolute Gasteiger partial charge is 0.355 e. The molecule has 1 aliphatic heterocycles. The molecule has 1 unspecified atom stereocenters. The Morgan fingerprint density at radius 3 is 2.62 bits per heavy atom. The number of rotatable bonds is 5. The highest BCUT2D eigenvalue weighted by Crippen LogP contribution is 2.26. The highest BCUT2D eigenvalue weighted by atomic mass is 15.3. The van der Waals surface area contributed by atoms with Crippen LogP contribution in [-0.2, 0) is 12.8 Å². The van der Waals surface area contributed by atoms with Crippen LogP contribution in [0.5, 0.6) is 0 Å². The second kappa shape index (κ2) is 7.60. The normalized spacial score (nSPS) is 17.8. The standard InChI is InChI=1S/C19H27N5/c1-4-15-9-6-10-16(5-2)18(15)22-19-21-17(12-20-23-19)24-11-7-8-14(3)13-24/h6,9-10,12,14H,4-5,7-8,11,13H2,1-3H3,(H,21,22,23). The number of hydrogen-bond acceptors (Lipinski definition) is 5. The second-order valence-electron chi connectivity index (χ2n) is 6.61. The Hall–Kier alpha value is -2.17. The fourth-order valence-electron chi connectivity index (χ4n) is 3.41. The van der Waals surface area contributed by atoms with Gasteiger partial charge in [0.15, 0.2) is 5.82 Å². The van der Waals surface area contributed by atoms with E-state index in [4.69, 9.17) is 4.98 Å². The summed E-state index contributed by atoms with van der Waals surface area (Å²) in [6, 6.07) is 6.43. The maximum absolute atomic E-state index is 4.72. The van der Waals surface area contributed by atoms with Gasteiger partial charge >= 0.3 is 0 Å². The predicted octanol–water partition coefficient (Wildman–Crippen LogP) is 3.98. The topological polar surface area (TPSA) is 53.9 Å². The van der Waals surface area contributed by atoms with Gasteiger partial charge in [-0.05, 0) is 42.7 Å². The summed E-state index contributed by atoms with van der Waals surface area (Å²) in [7, 11) is 0. The van der Waals surface area contributed by atoms with Crippen LogP contribution >= 0.6 is 0 Å². The molecule has 2 aromatic rings. The lowest BCUT2D eigenvalue weighted by Crippen LogP contribution is -2.35. The Bertz CT molecular complexity index is 663. The molecule has 0 aliphatic carbocycles. The van der Waals surface area contributed by atoms with Gasteiger partial charge in [-0.2, -0.15) is 10.1 Å². The predicted molar refractivity (Wildman–Crippen MR) is 98.9 cm³/mol. The molecular formula is C19H27N5. The summed E-state index contributed by atoms with van der Waals surface area (Å²) in [4.78, 5) is 7.04. The van der Waals surface area contributed by atoms with Crippen LogP contribution in [0.4, 0.5) is 17.5 Å². The smallest absolute Gasteiger partial charge is 0.249 e. The van der Waals surface area contributed by atoms with E-state index in [1.807, 2.05) is 0 Å². The Morgan fingerprint density at radius 1 is 1.21 bits per heavy atom. The van der Waals surface area contributed by atoms with Crippen molar-refractivity contribution in [2.45, 2.75) is 46.5 Å². The zero-order valence-electron chi connectivity index (χ0n) is 14.9. The van der Waals surface area contributed by atoms with E-state index in [2.05, 4.69) is 59.4 Å². The van der Waals surface area contributed by atoms with Gasteiger partial charge in [0.2, 0.25) is 5.95 Å². The molecule has 1 N–H and O–H groups in total. The van der Waals surface area contributed by atoms with E-state index in [-0.39, 0.29) is 0 Å². The first-order valence-corrected chi connectivity index (χ1v) is 9.03. The van der Waals surface area contributed by atoms with Gasteiger partial charge in [0, 0.05) is 18.8 Å². The van der Waals surface area contributed by atoms with Gasteiger partial charge in [0.1, 0.15) is 0 Å². The molecule has 1 fully saturated rings. The number of hydrogen-bond donors (Lipinski definition) is 1. The minimum absolute atomic E-state index is 0.585. The number of nitrogens with zero attached hydrogens (tertiary/aromatic N) is 4. The van der Waals surface area contributed by atoms with Crippen LogP contribution < -0.4 is 10.2 Å². The number of anilines is 3. The van der Waals surface area contributed by atoms with E-state index < -0.39 is 0 Å². The Morgan fingerprint density at radius 2 is 1.96 bits per heavy atom. The highest BCUT2D eigenvalue weighted by Gasteiger charge is 2.18. The molecule has 24 heavy (non-hydrogen) atoms. The van der Waals surface area contributed by atoms with Gasteiger partial charge in [-0.15, -0.1) is 5.10 Å². The SMILES string of the molecule is CCc1cccc(CC)c1Nc1nncc(N2CCCC(C)C2)n1. The van der Waals surface area contributed by atoms with Crippen LogP contribution in [0.2, 0.25) is 0 Å². The van der Waals surface area contributed by atoms with Crippen molar-refractivity contribution < 1.29 is 0 Å². The van der Waals surface area contributed by atoms with Gasteiger partial charge in [-0.3, -0.25) is 0 Å². The quantitative estimate of drug-likeness (QED) is 0.901. The molecule has 0 amide bonds. The lowest BCUT2D eigenvalue weighted by molar-refractivity contribution is 0.444. The minimum Gasteiger partial charge on any atom is -0.355 e. The number of aryl methyl sites for hydroxylation is 2. The Kier molecular flexibility index (Phi) is 5.28. The molecule has 1 aromatic heterocycles. The van der Waals surface area contributed by atoms with Gasteiger partial charge in [0.25, 0.3) is 0 Å². The van der Waals surface area contributed by atoms with Crippen LogP contribution in [0.1, 0.15) is 44.7 Å². The molecule has 1 aromatic carbocycles. The molecule has 1 saturated heterocycles. The summed E-state index contributed by atoms with van der Waals surface area (Å²) >= 11 is 0. The van der Waals surface area contributed by atoms with E-state index in [9.17, 15) is 0 Å². The van der Waals surface area contributed by atoms with Gasteiger partial charge in [0.05, 0.1) is 6.20 Å². The first-order chi connectivity index (χ1) is 11.7. The zero-order chi connectivity index (χ0) is 16.9. The molecule has 5 nitrogen and oxygen atoms in total. The molecule has 1 atom stereocenters. The fourth-order valence-corrected chi connectivity index (χ4v) is 3.41. The third kappa shape index (κ3) is 3.66. The molecule has 2 heterocycles. The maximum Gasteiger partial charge on any atom is 0.249 e. The summed E-state index contributed by atoms with van der Waals surface area (Å²) < 4.78 is 0. The number of nitrogens with one attached hydrogen (secondary N) is 1. The average Bonchev–Trinajstić information content (AvgIpc) is 2.62. The number of piperidine rings is 1. The summed E-state index contributed by atoms with van der Waals surface area (Å²) in [6.45, 7) is 8.73. The van der Waals surface area contributed by atoms with Crippen LogP contribution in [0.25, 0.3) is 0 Å². The average molecular weight is 325 g/mol. The van der Waals surface area contributed by atoms with Crippen molar-refractivity contribution >= 4 is 17.5 Å². The zero-order valence-corrected chi connectivity index (χ0v) is 14.9. The molecule has 0 bridgehead atoms. The van der Waals surface area contributed by atoms with Crippen molar-refractivity contribution in [2.24, 2.45) is 5.92 Å². The van der Waals surface area contributed by atoms with Crippen LogP contribution in [0.3, 0.4) is 0 Å². The van der Waals surface area contributed by atoms with E-state index in [0.29, 0.717) is 11.9 Å². The van der Waals surface area contributed by atoms with Crippen LogP contribution in [0, 0.1) is 5.92 Å². The van der Waals surface area contributed by atoms with Gasteiger partial charge < -0.3 is 10.2 Å². The van der Waals surface area contributed by atoms with E-state index in [1.165, 1.54) is 24.0 Å². The van der Waals surface area contributed by atoms with Gasteiger partial charge in [-0.1, -0.05) is 39.0 Å². The Balaban J connectivity index is 1.85. The van der Waals surface area contributed by atoms with Crippen LogP contribution in [0.15, 0.2) is 24.4 Å². The van der Waals surface area contributed by atoms with Crippen molar-refractivity contribution in [1.82, 2.24) is 15.2 Å². The van der Waals surface area contributed by atoms with E-state index >= 15 is 0 Å². The lowest BCUT2D eigenvalue weighted by Gasteiger charge is -2.31. The number of aromatic nitrogens is 3. The lowest BCUT2D eigenvalue weighted by atomic mass is 10.0. The Labute approximate surface area is 144 Å². The summed E-state index contributed by atoms with van der Waals surface area (Å²) in [6.07, 6.45) is 6.24. The highest BCUT2D eigenvalue weighted by molar-refractivity contribution is 5.64. The molecule has 1 aliphatic rings. The van der Waals surface area contributed by atoms with E-state index in [0.717, 1.165) is 37.4 Å². The second-order valence-corrected chi connectivity index (χ2v) is 6.61. The molecular weight excluding hydrogens is 298 g/mol. The first kappa shape index (κ1) is 16.7. The number of benzene rings is 1. The first-order valence-electron chi connectivity index (χ1n) is 9.03.